The molecule has 0 saturated carbocycles. The van der Waals surface area contributed by atoms with Gasteiger partial charge in [0.2, 0.25) is 0 Å². The molecule has 6 nitrogen and oxygen atoms in total. The van der Waals surface area contributed by atoms with Crippen LogP contribution in [-0.4, -0.2) is 25.4 Å². The molecule has 0 unspecified atom stereocenters. The minimum Gasteiger partial charge on any atom is -0.504 e. The largest absolute Gasteiger partial charge is 0.504 e. The molecule has 1 heterocycles. The van der Waals surface area contributed by atoms with E-state index in [0.29, 0.717) is 21.0 Å². The Kier molecular flexibility index (Phi) is 4.04. The minimum absolute atomic E-state index is 0.00773. The van der Waals surface area contributed by atoms with Gasteiger partial charge in [0.15, 0.2) is 23.0 Å². The first-order valence-corrected chi connectivity index (χ1v) is 7.81. The summed E-state index contributed by atoms with van der Waals surface area (Å²) < 4.78 is 0. The fourth-order valence-electron chi connectivity index (χ4n) is 2.04. The summed E-state index contributed by atoms with van der Waals surface area (Å²) >= 11 is 6.99. The maximum Gasteiger partial charge on any atom is 0.263 e. The molecule has 0 fully saturated rings. The highest BCUT2D eigenvalue weighted by molar-refractivity contribution is 7.16. The van der Waals surface area contributed by atoms with Gasteiger partial charge in [0, 0.05) is 11.8 Å². The minimum atomic E-state index is -0.841. The summed E-state index contributed by atoms with van der Waals surface area (Å²) in [4.78, 5) is 16.0. The van der Waals surface area contributed by atoms with Crippen LogP contribution in [0.25, 0.3) is 22.6 Å². The number of halogens is 1. The molecule has 2 aliphatic rings. The molecule has 4 N–H and O–H groups in total. The van der Waals surface area contributed by atoms with Gasteiger partial charge < -0.3 is 20.4 Å². The van der Waals surface area contributed by atoms with Crippen LogP contribution in [0.3, 0.4) is 0 Å². The lowest BCUT2D eigenvalue weighted by molar-refractivity contribution is 0.404. The molecule has 8 heteroatoms. The van der Waals surface area contributed by atoms with E-state index < -0.39 is 22.7 Å². The maximum absolute atomic E-state index is 11.6. The Labute approximate surface area is 144 Å². The lowest BCUT2D eigenvalue weighted by Gasteiger charge is -2.07. The van der Waals surface area contributed by atoms with E-state index in [4.69, 9.17) is 11.6 Å². The number of hydrogen-bond acceptors (Lipinski definition) is 7. The highest BCUT2D eigenvalue weighted by Crippen LogP contribution is 2.37. The fourth-order valence-corrected chi connectivity index (χ4v) is 3.14. The summed E-state index contributed by atoms with van der Waals surface area (Å²) in [6, 6.07) is 4.06. The van der Waals surface area contributed by atoms with Gasteiger partial charge in [-0.2, -0.15) is 0 Å². The Morgan fingerprint density at radius 3 is 2.54 bits per heavy atom. The van der Waals surface area contributed by atoms with Crippen molar-refractivity contribution in [3.05, 3.63) is 50.2 Å². The van der Waals surface area contributed by atoms with E-state index in [-0.39, 0.29) is 10.8 Å². The van der Waals surface area contributed by atoms with Crippen molar-refractivity contribution in [2.45, 2.75) is 0 Å². The van der Waals surface area contributed by atoms with Gasteiger partial charge in [-0.1, -0.05) is 17.7 Å². The molecule has 1 aromatic rings. The standard InChI is InChI=1S/C16H10ClNO5S/c17-12-7(1-3-9(19)13(12)21)2-4-11-18-6-8-5-10(20)14(22)15(23)16(8)24-11/h1-6,19-21,23H/b4-2+. The van der Waals surface area contributed by atoms with Crippen molar-refractivity contribution >= 4 is 35.1 Å². The Morgan fingerprint density at radius 1 is 1.04 bits per heavy atom. The average molecular weight is 364 g/mol. The van der Waals surface area contributed by atoms with Crippen molar-refractivity contribution < 1.29 is 20.4 Å². The van der Waals surface area contributed by atoms with Crippen molar-refractivity contribution in [2.24, 2.45) is 0 Å². The highest BCUT2D eigenvalue weighted by atomic mass is 35.5. The molecule has 1 aromatic carbocycles. The molecule has 1 aliphatic carbocycles. The number of aromatic hydroxyl groups is 4. The number of aromatic nitrogens is 1. The van der Waals surface area contributed by atoms with Crippen LogP contribution >= 0.6 is 22.9 Å². The second-order valence-corrected chi connectivity index (χ2v) is 6.27. The monoisotopic (exact) mass is 363 g/mol. The van der Waals surface area contributed by atoms with Crippen molar-refractivity contribution in [3.63, 3.8) is 0 Å². The van der Waals surface area contributed by atoms with Crippen LogP contribution in [0.2, 0.25) is 5.02 Å². The Morgan fingerprint density at radius 2 is 1.79 bits per heavy atom. The molecule has 0 amide bonds. The number of nitrogens with zero attached hydrogens (tertiary/aromatic N) is 1. The zero-order chi connectivity index (χ0) is 17.4. The van der Waals surface area contributed by atoms with Crippen molar-refractivity contribution in [3.8, 4) is 33.4 Å². The summed E-state index contributed by atoms with van der Waals surface area (Å²) in [5, 5.41) is 38.7. The zero-order valence-corrected chi connectivity index (χ0v) is 13.5. The Hall–Kier alpha value is -2.77. The molecule has 0 saturated heterocycles. The van der Waals surface area contributed by atoms with Gasteiger partial charge in [0.1, 0.15) is 5.01 Å². The van der Waals surface area contributed by atoms with Crippen LogP contribution in [0.5, 0.6) is 23.0 Å². The van der Waals surface area contributed by atoms with E-state index in [2.05, 4.69) is 4.98 Å². The Balaban J connectivity index is 2.04. The first-order valence-electron chi connectivity index (χ1n) is 6.61. The van der Waals surface area contributed by atoms with E-state index in [1.54, 1.807) is 12.2 Å². The molecule has 0 radical (unpaired) electrons. The van der Waals surface area contributed by atoms with Gasteiger partial charge in [-0.15, -0.1) is 11.3 Å². The van der Waals surface area contributed by atoms with Crippen LogP contribution in [-0.2, 0) is 0 Å². The number of hydrogen-bond donors (Lipinski definition) is 4. The summed E-state index contributed by atoms with van der Waals surface area (Å²) in [6.45, 7) is 0. The number of rotatable bonds is 2. The van der Waals surface area contributed by atoms with E-state index >= 15 is 0 Å². The molecule has 1 aliphatic heterocycles. The second-order valence-electron chi connectivity index (χ2n) is 4.86. The molecule has 3 rings (SSSR count). The Bertz CT molecular complexity index is 999. The first kappa shape index (κ1) is 16.1. The van der Waals surface area contributed by atoms with Gasteiger partial charge >= 0.3 is 0 Å². The van der Waals surface area contributed by atoms with E-state index in [0.717, 1.165) is 11.3 Å². The lowest BCUT2D eigenvalue weighted by atomic mass is 10.1. The predicted octanol–water partition coefficient (Wildman–Crippen LogP) is 3.25. The van der Waals surface area contributed by atoms with Crippen molar-refractivity contribution in [1.29, 1.82) is 0 Å². The van der Waals surface area contributed by atoms with Crippen molar-refractivity contribution in [1.82, 2.24) is 4.98 Å². The van der Waals surface area contributed by atoms with Crippen LogP contribution in [0.15, 0.2) is 29.2 Å². The number of fused-ring (bicyclic) bond motifs is 1. The smallest absolute Gasteiger partial charge is 0.263 e. The normalized spacial score (nSPS) is 11.4. The zero-order valence-electron chi connectivity index (χ0n) is 11.9. The third-order valence-electron chi connectivity index (χ3n) is 3.28. The van der Waals surface area contributed by atoms with Gasteiger partial charge in [0.05, 0.1) is 9.90 Å². The summed E-state index contributed by atoms with van der Waals surface area (Å²) in [5.74, 6) is -1.81. The topological polar surface area (TPSA) is 111 Å². The van der Waals surface area contributed by atoms with E-state index in [1.165, 1.54) is 24.4 Å². The van der Waals surface area contributed by atoms with E-state index in [1.807, 2.05) is 0 Å². The number of phenolic OH excluding ortho intramolecular Hbond substituents is 4. The highest BCUT2D eigenvalue weighted by Gasteiger charge is 2.16. The van der Waals surface area contributed by atoms with Gasteiger partial charge in [-0.05, 0) is 29.8 Å². The second kappa shape index (κ2) is 6.03. The van der Waals surface area contributed by atoms with Crippen LogP contribution in [0.1, 0.15) is 10.6 Å². The number of phenols is 4. The molecule has 0 aromatic heterocycles. The van der Waals surface area contributed by atoms with Gasteiger partial charge in [0.25, 0.3) is 5.43 Å². The molecule has 0 spiro atoms. The first-order chi connectivity index (χ1) is 11.4. The third kappa shape index (κ3) is 2.75. The van der Waals surface area contributed by atoms with Crippen LogP contribution < -0.4 is 5.43 Å². The maximum atomic E-state index is 11.6. The summed E-state index contributed by atoms with van der Waals surface area (Å²) in [7, 11) is 0. The number of benzene rings is 2. The fraction of sp³-hybridized carbons (Fsp3) is 0. The predicted molar refractivity (Wildman–Crippen MR) is 92.0 cm³/mol. The van der Waals surface area contributed by atoms with Gasteiger partial charge in [-0.25, -0.2) is 4.98 Å². The van der Waals surface area contributed by atoms with Crippen LogP contribution in [0, 0.1) is 0 Å². The molecule has 122 valence electrons. The SMILES string of the molecule is O=c1c(O)cc2cnc(/C=C/c3ccc(O)c(O)c3Cl)sc-2c1O. The molecular formula is C16H10ClNO5S. The summed E-state index contributed by atoms with van der Waals surface area (Å²) in [6.07, 6.45) is 4.57. The average Bonchev–Trinajstić information content (AvgIpc) is 2.57. The summed E-state index contributed by atoms with van der Waals surface area (Å²) in [5.41, 5.74) is 0.0546. The van der Waals surface area contributed by atoms with E-state index in [9.17, 15) is 25.2 Å². The molecule has 0 bridgehead atoms. The van der Waals surface area contributed by atoms with Crippen molar-refractivity contribution in [2.75, 3.05) is 0 Å². The molecule has 24 heavy (non-hydrogen) atoms. The molecular weight excluding hydrogens is 354 g/mol. The lowest BCUT2D eigenvalue weighted by Crippen LogP contribution is -2.01. The van der Waals surface area contributed by atoms with Gasteiger partial charge in [-0.3, -0.25) is 4.79 Å². The third-order valence-corrected chi connectivity index (χ3v) is 4.77. The van der Waals surface area contributed by atoms with Crippen LogP contribution in [0.4, 0.5) is 0 Å². The molecule has 0 atom stereocenters. The quantitative estimate of drug-likeness (QED) is 0.520.